The molecule has 0 amide bonds. The molecular weight excluding hydrogens is 277 g/mol. The summed E-state index contributed by atoms with van der Waals surface area (Å²) in [6.07, 6.45) is -0.961. The monoisotopic (exact) mass is 291 g/mol. The largest absolute Gasteiger partial charge is 0.496 e. The molecule has 0 bridgehead atoms. The number of hydrogen-bond acceptors (Lipinski definition) is 4. The van der Waals surface area contributed by atoms with E-state index in [0.717, 1.165) is 0 Å². The second-order valence-electron chi connectivity index (χ2n) is 4.50. The summed E-state index contributed by atoms with van der Waals surface area (Å²) in [7, 11) is 1.40. The summed E-state index contributed by atoms with van der Waals surface area (Å²) in [6.45, 7) is 0. The lowest BCUT2D eigenvalue weighted by Gasteiger charge is -2.15. The van der Waals surface area contributed by atoms with Crippen LogP contribution in [0.25, 0.3) is 0 Å². The molecule has 110 valence electrons. The lowest BCUT2D eigenvalue weighted by Crippen LogP contribution is -2.07. The smallest absolute Gasteiger partial charge is 0.269 e. The van der Waals surface area contributed by atoms with Crippen molar-refractivity contribution in [2.24, 2.45) is 0 Å². The molecule has 2 aromatic carbocycles. The van der Waals surface area contributed by atoms with Crippen LogP contribution in [-0.4, -0.2) is 17.1 Å². The molecule has 0 saturated carbocycles. The van der Waals surface area contributed by atoms with Gasteiger partial charge in [0.15, 0.2) is 0 Å². The zero-order valence-corrected chi connectivity index (χ0v) is 11.3. The van der Waals surface area contributed by atoms with Crippen LogP contribution in [0.5, 0.6) is 5.75 Å². The second-order valence-corrected chi connectivity index (χ2v) is 4.50. The number of halogens is 1. The Morgan fingerprint density at radius 3 is 2.52 bits per heavy atom. The summed E-state index contributed by atoms with van der Waals surface area (Å²) in [4.78, 5) is 10.1. The van der Waals surface area contributed by atoms with Crippen molar-refractivity contribution >= 4 is 5.69 Å². The summed E-state index contributed by atoms with van der Waals surface area (Å²) in [6, 6.07) is 10.1. The van der Waals surface area contributed by atoms with Gasteiger partial charge in [0.05, 0.1) is 23.7 Å². The maximum atomic E-state index is 13.8. The molecule has 6 heteroatoms. The minimum atomic E-state index is -1.09. The zero-order chi connectivity index (χ0) is 15.4. The molecule has 0 saturated heterocycles. The third-order valence-electron chi connectivity index (χ3n) is 3.14. The van der Waals surface area contributed by atoms with Gasteiger partial charge in [-0.2, -0.15) is 0 Å². The third-order valence-corrected chi connectivity index (χ3v) is 3.14. The number of aliphatic hydroxyl groups is 1. The van der Waals surface area contributed by atoms with Crippen molar-refractivity contribution in [3.05, 3.63) is 69.5 Å². The van der Waals surface area contributed by atoms with Gasteiger partial charge in [0.2, 0.25) is 0 Å². The Labute approximate surface area is 120 Å². The zero-order valence-electron chi connectivity index (χ0n) is 11.3. The van der Waals surface area contributed by atoms with Crippen LogP contribution in [-0.2, 0) is 6.42 Å². The van der Waals surface area contributed by atoms with E-state index in [1.165, 1.54) is 43.5 Å². The summed E-state index contributed by atoms with van der Waals surface area (Å²) < 4.78 is 18.9. The average Bonchev–Trinajstić information content (AvgIpc) is 2.47. The van der Waals surface area contributed by atoms with Crippen LogP contribution in [0.15, 0.2) is 42.5 Å². The first-order chi connectivity index (χ1) is 10.0. The van der Waals surface area contributed by atoms with Crippen molar-refractivity contribution in [1.82, 2.24) is 0 Å². The molecule has 0 spiro atoms. The van der Waals surface area contributed by atoms with Crippen LogP contribution in [0.3, 0.4) is 0 Å². The van der Waals surface area contributed by atoms with E-state index in [0.29, 0.717) is 5.56 Å². The number of non-ortho nitro benzene ring substituents is 1. The SMILES string of the molecule is COc1cccc(F)c1C(O)Cc1ccc([N+](=O)[O-])cc1. The van der Waals surface area contributed by atoms with E-state index >= 15 is 0 Å². The molecule has 1 atom stereocenters. The predicted octanol–water partition coefficient (Wildman–Crippen LogP) is 3.02. The summed E-state index contributed by atoms with van der Waals surface area (Å²) in [5, 5.41) is 20.8. The standard InChI is InChI=1S/C15H14FNO4/c1-21-14-4-2-3-12(16)15(14)13(18)9-10-5-7-11(8-6-10)17(19)20/h2-8,13,18H,9H2,1H3. The highest BCUT2D eigenvalue weighted by atomic mass is 19.1. The number of nitrogens with zero attached hydrogens (tertiary/aromatic N) is 1. The van der Waals surface area contributed by atoms with Gasteiger partial charge >= 0.3 is 0 Å². The van der Waals surface area contributed by atoms with Crippen molar-refractivity contribution in [3.63, 3.8) is 0 Å². The summed E-state index contributed by atoms with van der Waals surface area (Å²) in [5.74, 6) is -0.284. The first-order valence-electron chi connectivity index (χ1n) is 6.26. The van der Waals surface area contributed by atoms with Crippen LogP contribution in [0.4, 0.5) is 10.1 Å². The van der Waals surface area contributed by atoms with E-state index in [1.807, 2.05) is 0 Å². The molecule has 0 heterocycles. The highest BCUT2D eigenvalue weighted by molar-refractivity contribution is 5.38. The maximum absolute atomic E-state index is 13.8. The topological polar surface area (TPSA) is 72.6 Å². The van der Waals surface area contributed by atoms with E-state index in [4.69, 9.17) is 4.74 Å². The van der Waals surface area contributed by atoms with Gasteiger partial charge in [-0.3, -0.25) is 10.1 Å². The van der Waals surface area contributed by atoms with Crippen molar-refractivity contribution in [2.45, 2.75) is 12.5 Å². The number of hydrogen-bond donors (Lipinski definition) is 1. The van der Waals surface area contributed by atoms with Crippen molar-refractivity contribution in [2.75, 3.05) is 7.11 Å². The van der Waals surface area contributed by atoms with E-state index in [1.54, 1.807) is 6.07 Å². The van der Waals surface area contributed by atoms with E-state index in [-0.39, 0.29) is 23.4 Å². The number of aliphatic hydroxyl groups excluding tert-OH is 1. The minimum absolute atomic E-state index is 0.0308. The lowest BCUT2D eigenvalue weighted by molar-refractivity contribution is -0.384. The Bertz CT molecular complexity index is 643. The van der Waals surface area contributed by atoms with Crippen molar-refractivity contribution in [1.29, 1.82) is 0 Å². The van der Waals surface area contributed by atoms with E-state index in [9.17, 15) is 19.6 Å². The van der Waals surface area contributed by atoms with Crippen LogP contribution in [0, 0.1) is 15.9 Å². The second kappa shape index (κ2) is 6.32. The third kappa shape index (κ3) is 3.35. The fraction of sp³-hybridized carbons (Fsp3) is 0.200. The number of methoxy groups -OCH3 is 1. The number of nitro benzene ring substituents is 1. The van der Waals surface area contributed by atoms with Gasteiger partial charge in [-0.15, -0.1) is 0 Å². The molecule has 0 aliphatic carbocycles. The predicted molar refractivity (Wildman–Crippen MR) is 74.7 cm³/mol. The molecular formula is C15H14FNO4. The molecule has 1 unspecified atom stereocenters. The molecule has 0 radical (unpaired) electrons. The molecule has 21 heavy (non-hydrogen) atoms. The maximum Gasteiger partial charge on any atom is 0.269 e. The molecule has 0 aromatic heterocycles. The number of nitro groups is 1. The average molecular weight is 291 g/mol. The molecule has 2 rings (SSSR count). The number of ether oxygens (including phenoxy) is 1. The normalized spacial score (nSPS) is 12.0. The molecule has 2 aromatic rings. The van der Waals surface area contributed by atoms with E-state index in [2.05, 4.69) is 0 Å². The Morgan fingerprint density at radius 2 is 1.95 bits per heavy atom. The fourth-order valence-electron chi connectivity index (χ4n) is 2.10. The fourth-order valence-corrected chi connectivity index (χ4v) is 2.10. The number of rotatable bonds is 5. The quantitative estimate of drug-likeness (QED) is 0.679. The number of benzene rings is 2. The van der Waals surface area contributed by atoms with Gasteiger partial charge in [0, 0.05) is 18.6 Å². The first kappa shape index (κ1) is 14.9. The van der Waals surface area contributed by atoms with Gasteiger partial charge in [-0.05, 0) is 17.7 Å². The Morgan fingerprint density at radius 1 is 1.29 bits per heavy atom. The highest BCUT2D eigenvalue weighted by Gasteiger charge is 2.19. The van der Waals surface area contributed by atoms with Gasteiger partial charge in [0.25, 0.3) is 5.69 Å². The molecule has 0 aliphatic rings. The minimum Gasteiger partial charge on any atom is -0.496 e. The van der Waals surface area contributed by atoms with Gasteiger partial charge < -0.3 is 9.84 Å². The first-order valence-corrected chi connectivity index (χ1v) is 6.26. The molecule has 5 nitrogen and oxygen atoms in total. The lowest BCUT2D eigenvalue weighted by atomic mass is 10.00. The summed E-state index contributed by atoms with van der Waals surface area (Å²) in [5.41, 5.74) is 0.716. The van der Waals surface area contributed by atoms with E-state index < -0.39 is 16.8 Å². The van der Waals surface area contributed by atoms with Gasteiger partial charge in [-0.25, -0.2) is 4.39 Å². The van der Waals surface area contributed by atoms with Gasteiger partial charge in [-0.1, -0.05) is 18.2 Å². The molecule has 0 fully saturated rings. The van der Waals surface area contributed by atoms with Crippen molar-refractivity contribution in [3.8, 4) is 5.75 Å². The summed E-state index contributed by atoms with van der Waals surface area (Å²) >= 11 is 0. The molecule has 0 aliphatic heterocycles. The molecule has 1 N–H and O–H groups in total. The Balaban J connectivity index is 2.22. The highest BCUT2D eigenvalue weighted by Crippen LogP contribution is 2.30. The Hall–Kier alpha value is -2.47. The van der Waals surface area contributed by atoms with Crippen molar-refractivity contribution < 1.29 is 19.2 Å². The van der Waals surface area contributed by atoms with Crippen LogP contribution >= 0.6 is 0 Å². The van der Waals surface area contributed by atoms with Crippen LogP contribution < -0.4 is 4.74 Å². The Kier molecular flexibility index (Phi) is 4.49. The van der Waals surface area contributed by atoms with Gasteiger partial charge in [0.1, 0.15) is 11.6 Å². The van der Waals surface area contributed by atoms with Crippen LogP contribution in [0.2, 0.25) is 0 Å². The van der Waals surface area contributed by atoms with Crippen LogP contribution in [0.1, 0.15) is 17.2 Å².